The molecule has 1 aliphatic rings. The van der Waals surface area contributed by atoms with Gasteiger partial charge in [-0.2, -0.15) is 0 Å². The summed E-state index contributed by atoms with van der Waals surface area (Å²) in [5.74, 6) is 0. The summed E-state index contributed by atoms with van der Waals surface area (Å²) < 4.78 is 7.29. The van der Waals surface area contributed by atoms with Crippen LogP contribution in [-0.4, -0.2) is 18.7 Å². The van der Waals surface area contributed by atoms with Gasteiger partial charge in [-0.15, -0.1) is 0 Å². The molecule has 3 heteroatoms. The Morgan fingerprint density at radius 1 is 1.37 bits per heavy atom. The van der Waals surface area contributed by atoms with Crippen LogP contribution in [0.5, 0.6) is 0 Å². The van der Waals surface area contributed by atoms with Crippen LogP contribution < -0.4 is 5.32 Å². The first kappa shape index (κ1) is 15.0. The zero-order chi connectivity index (χ0) is 13.9. The van der Waals surface area contributed by atoms with Gasteiger partial charge in [0.25, 0.3) is 0 Å². The van der Waals surface area contributed by atoms with Gasteiger partial charge in [0.2, 0.25) is 0 Å². The van der Waals surface area contributed by atoms with Crippen molar-refractivity contribution < 1.29 is 4.74 Å². The van der Waals surface area contributed by atoms with E-state index < -0.39 is 0 Å². The van der Waals surface area contributed by atoms with Crippen molar-refractivity contribution in [3.8, 4) is 0 Å². The summed E-state index contributed by atoms with van der Waals surface area (Å²) in [6, 6.07) is 8.89. The highest BCUT2D eigenvalue weighted by Crippen LogP contribution is 2.46. The molecule has 1 aromatic carbocycles. The molecule has 0 aliphatic heterocycles. The van der Waals surface area contributed by atoms with Gasteiger partial charge in [-0.3, -0.25) is 0 Å². The SMILES string of the molecule is CCNC1CC(OCc2ccccc2Br)C1(C)CC. The fourth-order valence-corrected chi connectivity index (χ4v) is 3.32. The van der Waals surface area contributed by atoms with E-state index in [-0.39, 0.29) is 5.41 Å². The van der Waals surface area contributed by atoms with Crippen molar-refractivity contribution in [3.05, 3.63) is 34.3 Å². The topological polar surface area (TPSA) is 21.3 Å². The average molecular weight is 326 g/mol. The Bertz CT molecular complexity index is 423. The minimum atomic E-state index is 0.275. The Hall–Kier alpha value is -0.380. The van der Waals surface area contributed by atoms with E-state index in [0.29, 0.717) is 18.8 Å². The van der Waals surface area contributed by atoms with Crippen molar-refractivity contribution in [3.63, 3.8) is 0 Å². The predicted molar refractivity (Wildman–Crippen MR) is 83.2 cm³/mol. The van der Waals surface area contributed by atoms with Crippen molar-refractivity contribution in [1.29, 1.82) is 0 Å². The maximum Gasteiger partial charge on any atom is 0.0731 e. The highest BCUT2D eigenvalue weighted by atomic mass is 79.9. The normalized spacial score (nSPS) is 30.1. The lowest BCUT2D eigenvalue weighted by Gasteiger charge is -2.53. The number of rotatable bonds is 6. The molecule has 1 saturated carbocycles. The van der Waals surface area contributed by atoms with Crippen LogP contribution in [0, 0.1) is 5.41 Å². The number of hydrogen-bond acceptors (Lipinski definition) is 2. The van der Waals surface area contributed by atoms with Crippen LogP contribution in [0.2, 0.25) is 0 Å². The Morgan fingerprint density at radius 2 is 2.11 bits per heavy atom. The molecule has 0 bridgehead atoms. The number of benzene rings is 1. The summed E-state index contributed by atoms with van der Waals surface area (Å²) in [5, 5.41) is 3.57. The number of halogens is 1. The lowest BCUT2D eigenvalue weighted by molar-refractivity contribution is -0.135. The van der Waals surface area contributed by atoms with Crippen LogP contribution in [0.1, 0.15) is 39.2 Å². The first-order valence-electron chi connectivity index (χ1n) is 7.20. The highest BCUT2D eigenvalue weighted by Gasteiger charge is 2.50. The van der Waals surface area contributed by atoms with E-state index in [1.54, 1.807) is 0 Å². The Kier molecular flexibility index (Phi) is 5.04. The van der Waals surface area contributed by atoms with E-state index in [9.17, 15) is 0 Å². The predicted octanol–water partition coefficient (Wildman–Crippen LogP) is 4.13. The Balaban J connectivity index is 1.92. The first-order chi connectivity index (χ1) is 9.11. The molecule has 0 heterocycles. The zero-order valence-corrected chi connectivity index (χ0v) is 13.7. The van der Waals surface area contributed by atoms with E-state index in [4.69, 9.17) is 4.74 Å². The van der Waals surface area contributed by atoms with Crippen LogP contribution in [0.15, 0.2) is 28.7 Å². The molecule has 106 valence electrons. The molecule has 3 atom stereocenters. The third kappa shape index (κ3) is 3.04. The van der Waals surface area contributed by atoms with Gasteiger partial charge < -0.3 is 10.1 Å². The van der Waals surface area contributed by atoms with E-state index in [2.05, 4.69) is 60.2 Å². The summed E-state index contributed by atoms with van der Waals surface area (Å²) in [6.45, 7) is 8.51. The summed E-state index contributed by atoms with van der Waals surface area (Å²) >= 11 is 3.58. The Labute approximate surface area is 125 Å². The quantitative estimate of drug-likeness (QED) is 0.849. The second-order valence-corrected chi connectivity index (χ2v) is 6.45. The van der Waals surface area contributed by atoms with Crippen LogP contribution >= 0.6 is 15.9 Å². The lowest BCUT2D eigenvalue weighted by atomic mass is 9.61. The molecule has 1 fully saturated rings. The van der Waals surface area contributed by atoms with Gasteiger partial charge in [0.1, 0.15) is 0 Å². The van der Waals surface area contributed by atoms with Crippen molar-refractivity contribution in [1.82, 2.24) is 5.32 Å². The standard InChI is InChI=1S/C16H24BrNO/c1-4-16(3)14(18-5-2)10-15(16)19-11-12-8-6-7-9-13(12)17/h6-9,14-15,18H,4-5,10-11H2,1-3H3. The molecule has 0 spiro atoms. The van der Waals surface area contributed by atoms with Gasteiger partial charge in [0.05, 0.1) is 12.7 Å². The highest BCUT2D eigenvalue weighted by molar-refractivity contribution is 9.10. The second kappa shape index (κ2) is 6.38. The smallest absolute Gasteiger partial charge is 0.0731 e. The first-order valence-corrected chi connectivity index (χ1v) is 7.99. The summed E-state index contributed by atoms with van der Waals surface area (Å²) in [4.78, 5) is 0. The van der Waals surface area contributed by atoms with Gasteiger partial charge in [-0.25, -0.2) is 0 Å². The molecule has 1 aromatic rings. The van der Waals surface area contributed by atoms with Crippen LogP contribution in [0.4, 0.5) is 0 Å². The lowest BCUT2D eigenvalue weighted by Crippen LogP contribution is -2.62. The van der Waals surface area contributed by atoms with Gasteiger partial charge >= 0.3 is 0 Å². The molecular weight excluding hydrogens is 302 g/mol. The molecule has 19 heavy (non-hydrogen) atoms. The van der Waals surface area contributed by atoms with E-state index >= 15 is 0 Å². The fourth-order valence-electron chi connectivity index (χ4n) is 2.92. The van der Waals surface area contributed by atoms with Crippen LogP contribution in [0.3, 0.4) is 0 Å². The summed E-state index contributed by atoms with van der Waals surface area (Å²) in [7, 11) is 0. The molecule has 2 rings (SSSR count). The van der Waals surface area contributed by atoms with Crippen LogP contribution in [-0.2, 0) is 11.3 Å². The average Bonchev–Trinajstić information content (AvgIpc) is 2.42. The number of nitrogens with one attached hydrogen (secondary N) is 1. The molecule has 0 aromatic heterocycles. The monoisotopic (exact) mass is 325 g/mol. The minimum absolute atomic E-state index is 0.275. The minimum Gasteiger partial charge on any atom is -0.373 e. The van der Waals surface area contributed by atoms with Crippen molar-refractivity contribution in [2.45, 2.75) is 52.4 Å². The molecule has 2 nitrogen and oxygen atoms in total. The molecule has 1 aliphatic carbocycles. The van der Waals surface area contributed by atoms with Crippen LogP contribution in [0.25, 0.3) is 0 Å². The van der Waals surface area contributed by atoms with E-state index in [0.717, 1.165) is 23.9 Å². The third-order valence-corrected chi connectivity index (χ3v) is 5.37. The zero-order valence-electron chi connectivity index (χ0n) is 12.1. The van der Waals surface area contributed by atoms with E-state index in [1.807, 2.05) is 6.07 Å². The summed E-state index contributed by atoms with van der Waals surface area (Å²) in [6.07, 6.45) is 2.65. The third-order valence-electron chi connectivity index (χ3n) is 4.59. The molecule has 0 radical (unpaired) electrons. The van der Waals surface area contributed by atoms with Gasteiger partial charge in [0.15, 0.2) is 0 Å². The van der Waals surface area contributed by atoms with Crippen molar-refractivity contribution in [2.24, 2.45) is 5.41 Å². The maximum absolute atomic E-state index is 6.16. The maximum atomic E-state index is 6.16. The number of ether oxygens (including phenoxy) is 1. The van der Waals surface area contributed by atoms with E-state index in [1.165, 1.54) is 5.56 Å². The van der Waals surface area contributed by atoms with Gasteiger partial charge in [0, 0.05) is 15.9 Å². The van der Waals surface area contributed by atoms with Crippen molar-refractivity contribution in [2.75, 3.05) is 6.54 Å². The molecular formula is C16H24BrNO. The number of hydrogen-bond donors (Lipinski definition) is 1. The molecule has 0 amide bonds. The molecule has 3 unspecified atom stereocenters. The second-order valence-electron chi connectivity index (χ2n) is 5.60. The molecule has 1 N–H and O–H groups in total. The van der Waals surface area contributed by atoms with Gasteiger partial charge in [-0.1, -0.05) is 54.9 Å². The Morgan fingerprint density at radius 3 is 2.74 bits per heavy atom. The summed E-state index contributed by atoms with van der Waals surface area (Å²) in [5.41, 5.74) is 1.50. The fraction of sp³-hybridized carbons (Fsp3) is 0.625. The largest absolute Gasteiger partial charge is 0.373 e. The van der Waals surface area contributed by atoms with Gasteiger partial charge in [-0.05, 0) is 31.0 Å². The molecule has 0 saturated heterocycles. The van der Waals surface area contributed by atoms with Crippen molar-refractivity contribution >= 4 is 15.9 Å².